The van der Waals surface area contributed by atoms with Crippen LogP contribution in [0.25, 0.3) is 0 Å². The zero-order valence-electron chi connectivity index (χ0n) is 9.82. The summed E-state index contributed by atoms with van der Waals surface area (Å²) >= 11 is 9.46. The fourth-order valence-electron chi connectivity index (χ4n) is 1.53. The van der Waals surface area contributed by atoms with Crippen LogP contribution in [0.2, 0.25) is 0 Å². The van der Waals surface area contributed by atoms with Crippen molar-refractivity contribution in [1.29, 1.82) is 0 Å². The van der Waals surface area contributed by atoms with Crippen molar-refractivity contribution in [3.05, 3.63) is 38.3 Å². The van der Waals surface area contributed by atoms with E-state index < -0.39 is 0 Å². The van der Waals surface area contributed by atoms with Gasteiger partial charge in [-0.1, -0.05) is 26.0 Å². The standard InChI is InChI=1S/C12H15BrClNO2/c1-8(2)10(14)7-6-9-4-3-5-11(12(9)13)15(16)17/h3-5,8,10H,6-7H2,1-2H3. The molecule has 0 heterocycles. The summed E-state index contributed by atoms with van der Waals surface area (Å²) in [6.45, 7) is 4.14. The van der Waals surface area contributed by atoms with Crippen LogP contribution >= 0.6 is 27.5 Å². The normalized spacial score (nSPS) is 12.8. The van der Waals surface area contributed by atoms with Gasteiger partial charge < -0.3 is 0 Å². The quantitative estimate of drug-likeness (QED) is 0.453. The molecule has 94 valence electrons. The minimum Gasteiger partial charge on any atom is -0.258 e. The molecule has 1 aromatic rings. The van der Waals surface area contributed by atoms with Gasteiger partial charge in [-0.3, -0.25) is 10.1 Å². The van der Waals surface area contributed by atoms with Crippen molar-refractivity contribution in [1.82, 2.24) is 0 Å². The van der Waals surface area contributed by atoms with Crippen LogP contribution in [0, 0.1) is 16.0 Å². The maximum Gasteiger partial charge on any atom is 0.283 e. The van der Waals surface area contributed by atoms with Gasteiger partial charge in [0, 0.05) is 11.4 Å². The summed E-state index contributed by atoms with van der Waals surface area (Å²) in [4.78, 5) is 10.4. The highest BCUT2D eigenvalue weighted by Gasteiger charge is 2.16. The van der Waals surface area contributed by atoms with E-state index in [-0.39, 0.29) is 16.0 Å². The van der Waals surface area contributed by atoms with Gasteiger partial charge in [0.15, 0.2) is 0 Å². The Kier molecular flexibility index (Phi) is 5.40. The first-order valence-electron chi connectivity index (χ1n) is 5.49. The van der Waals surface area contributed by atoms with Gasteiger partial charge in [-0.2, -0.15) is 0 Å². The smallest absolute Gasteiger partial charge is 0.258 e. The second-order valence-electron chi connectivity index (χ2n) is 4.31. The Bertz CT molecular complexity index is 409. The SMILES string of the molecule is CC(C)C(Cl)CCc1cccc([N+](=O)[O-])c1Br. The summed E-state index contributed by atoms with van der Waals surface area (Å²) in [5.74, 6) is 0.411. The number of nitro groups is 1. The van der Waals surface area contributed by atoms with Crippen molar-refractivity contribution >= 4 is 33.2 Å². The molecule has 3 nitrogen and oxygen atoms in total. The van der Waals surface area contributed by atoms with Crippen LogP contribution in [0.5, 0.6) is 0 Å². The summed E-state index contributed by atoms with van der Waals surface area (Å²) in [5.41, 5.74) is 1.05. The predicted octanol–water partition coefficient (Wildman–Crippen LogP) is 4.55. The maximum atomic E-state index is 10.8. The lowest BCUT2D eigenvalue weighted by molar-refractivity contribution is -0.385. The molecule has 0 aliphatic rings. The molecule has 0 aromatic heterocycles. The van der Waals surface area contributed by atoms with Crippen LogP contribution in [-0.4, -0.2) is 10.3 Å². The van der Waals surface area contributed by atoms with E-state index >= 15 is 0 Å². The molecule has 0 amide bonds. The number of hydrogen-bond acceptors (Lipinski definition) is 2. The fourth-order valence-corrected chi connectivity index (χ4v) is 2.24. The molecule has 0 aliphatic carbocycles. The van der Waals surface area contributed by atoms with Gasteiger partial charge in [-0.05, 0) is 40.3 Å². The number of halogens is 2. The summed E-state index contributed by atoms with van der Waals surface area (Å²) in [5, 5.41) is 10.9. The molecule has 0 aliphatic heterocycles. The lowest BCUT2D eigenvalue weighted by atomic mass is 10.0. The molecule has 1 atom stereocenters. The van der Waals surface area contributed by atoms with E-state index in [9.17, 15) is 10.1 Å². The molecule has 0 saturated carbocycles. The van der Waals surface area contributed by atoms with E-state index in [1.54, 1.807) is 6.07 Å². The molecule has 17 heavy (non-hydrogen) atoms. The van der Waals surface area contributed by atoms with Gasteiger partial charge in [0.05, 0.1) is 9.40 Å². The Morgan fingerprint density at radius 3 is 2.65 bits per heavy atom. The van der Waals surface area contributed by atoms with Gasteiger partial charge in [-0.25, -0.2) is 0 Å². The minimum absolute atomic E-state index is 0.0983. The van der Waals surface area contributed by atoms with Crippen molar-refractivity contribution < 1.29 is 4.92 Å². The Balaban J connectivity index is 2.79. The highest BCUT2D eigenvalue weighted by Crippen LogP contribution is 2.30. The summed E-state index contributed by atoms with van der Waals surface area (Å²) in [6, 6.07) is 5.09. The Labute approximate surface area is 114 Å². The van der Waals surface area contributed by atoms with Crippen LogP contribution < -0.4 is 0 Å². The van der Waals surface area contributed by atoms with E-state index in [1.807, 2.05) is 6.07 Å². The van der Waals surface area contributed by atoms with Crippen molar-refractivity contribution in [2.75, 3.05) is 0 Å². The Morgan fingerprint density at radius 2 is 2.12 bits per heavy atom. The number of hydrogen-bond donors (Lipinski definition) is 0. The van der Waals surface area contributed by atoms with Crippen LogP contribution in [-0.2, 0) is 6.42 Å². The van der Waals surface area contributed by atoms with E-state index in [0.29, 0.717) is 10.4 Å². The van der Waals surface area contributed by atoms with E-state index in [0.717, 1.165) is 18.4 Å². The van der Waals surface area contributed by atoms with Gasteiger partial charge in [0.2, 0.25) is 0 Å². The van der Waals surface area contributed by atoms with Crippen molar-refractivity contribution in [3.63, 3.8) is 0 Å². The number of aryl methyl sites for hydroxylation is 1. The van der Waals surface area contributed by atoms with Gasteiger partial charge in [0.25, 0.3) is 5.69 Å². The predicted molar refractivity (Wildman–Crippen MR) is 73.6 cm³/mol. The van der Waals surface area contributed by atoms with E-state index in [1.165, 1.54) is 6.07 Å². The Hall–Kier alpha value is -0.610. The summed E-state index contributed by atoms with van der Waals surface area (Å²) < 4.78 is 0.567. The lowest BCUT2D eigenvalue weighted by Gasteiger charge is -2.13. The second kappa shape index (κ2) is 6.36. The molecule has 0 N–H and O–H groups in total. The molecule has 1 aromatic carbocycles. The van der Waals surface area contributed by atoms with E-state index in [2.05, 4.69) is 29.8 Å². The molecule has 1 rings (SSSR count). The number of rotatable bonds is 5. The van der Waals surface area contributed by atoms with Crippen molar-refractivity contribution in [3.8, 4) is 0 Å². The average molecular weight is 321 g/mol. The molecule has 5 heteroatoms. The summed E-state index contributed by atoms with van der Waals surface area (Å²) in [7, 11) is 0. The molecule has 0 radical (unpaired) electrons. The van der Waals surface area contributed by atoms with Crippen molar-refractivity contribution in [2.45, 2.75) is 32.1 Å². The Morgan fingerprint density at radius 1 is 1.47 bits per heavy atom. The average Bonchev–Trinajstić information content (AvgIpc) is 2.26. The van der Waals surface area contributed by atoms with Gasteiger partial charge in [0.1, 0.15) is 0 Å². The largest absolute Gasteiger partial charge is 0.283 e. The number of nitro benzene ring substituents is 1. The van der Waals surface area contributed by atoms with Crippen LogP contribution in [0.1, 0.15) is 25.8 Å². The molecule has 0 bridgehead atoms. The minimum atomic E-state index is -0.381. The second-order valence-corrected chi connectivity index (χ2v) is 5.66. The topological polar surface area (TPSA) is 43.1 Å². The zero-order chi connectivity index (χ0) is 13.0. The van der Waals surface area contributed by atoms with Crippen LogP contribution in [0.4, 0.5) is 5.69 Å². The van der Waals surface area contributed by atoms with Gasteiger partial charge >= 0.3 is 0 Å². The lowest BCUT2D eigenvalue weighted by Crippen LogP contribution is -2.09. The summed E-state index contributed by atoms with van der Waals surface area (Å²) in [6.07, 6.45) is 1.56. The monoisotopic (exact) mass is 319 g/mol. The molecular formula is C12H15BrClNO2. The number of nitrogens with zero attached hydrogens (tertiary/aromatic N) is 1. The molecular weight excluding hydrogens is 305 g/mol. The van der Waals surface area contributed by atoms with E-state index in [4.69, 9.17) is 11.6 Å². The third-order valence-electron chi connectivity index (χ3n) is 2.67. The number of benzene rings is 1. The zero-order valence-corrected chi connectivity index (χ0v) is 12.2. The highest BCUT2D eigenvalue weighted by atomic mass is 79.9. The molecule has 0 fully saturated rings. The first-order valence-corrected chi connectivity index (χ1v) is 6.72. The fraction of sp³-hybridized carbons (Fsp3) is 0.500. The third kappa shape index (κ3) is 3.96. The number of alkyl halides is 1. The molecule has 1 unspecified atom stereocenters. The molecule has 0 spiro atoms. The van der Waals surface area contributed by atoms with Crippen LogP contribution in [0.15, 0.2) is 22.7 Å². The third-order valence-corrected chi connectivity index (χ3v) is 4.31. The first-order chi connectivity index (χ1) is 7.93. The first kappa shape index (κ1) is 14.5. The maximum absolute atomic E-state index is 10.8. The van der Waals surface area contributed by atoms with Crippen molar-refractivity contribution in [2.24, 2.45) is 5.92 Å². The van der Waals surface area contributed by atoms with Gasteiger partial charge in [-0.15, -0.1) is 11.6 Å². The molecule has 0 saturated heterocycles. The highest BCUT2D eigenvalue weighted by molar-refractivity contribution is 9.10. The van der Waals surface area contributed by atoms with Crippen LogP contribution in [0.3, 0.4) is 0 Å².